The van der Waals surface area contributed by atoms with Crippen LogP contribution in [0, 0.1) is 0 Å². The Morgan fingerprint density at radius 2 is 2.13 bits per heavy atom. The van der Waals surface area contributed by atoms with Crippen LogP contribution < -0.4 is 5.73 Å². The molecule has 0 saturated heterocycles. The minimum atomic E-state index is 0.00151. The fraction of sp³-hybridized carbons (Fsp3) is 0.750. The molecule has 2 unspecified atom stereocenters. The lowest BCUT2D eigenvalue weighted by Crippen LogP contribution is -2.34. The summed E-state index contributed by atoms with van der Waals surface area (Å²) in [4.78, 5) is 0. The van der Waals surface area contributed by atoms with E-state index in [9.17, 15) is 5.11 Å². The molecule has 0 aliphatic heterocycles. The van der Waals surface area contributed by atoms with Crippen molar-refractivity contribution < 1.29 is 5.11 Å². The highest BCUT2D eigenvalue weighted by Gasteiger charge is 2.18. The van der Waals surface area contributed by atoms with Gasteiger partial charge in [0.15, 0.2) is 8.68 Å². The average Bonchev–Trinajstić information content (AvgIpc) is 2.72. The van der Waals surface area contributed by atoms with E-state index in [1.165, 1.54) is 11.8 Å². The van der Waals surface area contributed by atoms with Gasteiger partial charge < -0.3 is 10.8 Å². The van der Waals surface area contributed by atoms with Crippen LogP contribution >= 0.6 is 34.9 Å². The molecule has 15 heavy (non-hydrogen) atoms. The molecule has 4 nitrogen and oxygen atoms in total. The van der Waals surface area contributed by atoms with Gasteiger partial charge in [-0.1, -0.05) is 41.8 Å². The molecule has 3 N–H and O–H groups in total. The van der Waals surface area contributed by atoms with E-state index in [2.05, 4.69) is 10.2 Å². The van der Waals surface area contributed by atoms with Gasteiger partial charge in [0.25, 0.3) is 0 Å². The van der Waals surface area contributed by atoms with Crippen LogP contribution in [0.5, 0.6) is 0 Å². The van der Waals surface area contributed by atoms with E-state index >= 15 is 0 Å². The molecular weight excluding hydrogens is 250 g/mol. The molecule has 0 saturated carbocycles. The Kier molecular flexibility index (Phi) is 5.91. The summed E-state index contributed by atoms with van der Waals surface area (Å²) in [5.74, 6) is 0. The van der Waals surface area contributed by atoms with Crippen LogP contribution in [0.1, 0.15) is 13.3 Å². The zero-order valence-electron chi connectivity index (χ0n) is 8.71. The maximum atomic E-state index is 9.20. The highest BCUT2D eigenvalue weighted by Crippen LogP contribution is 2.31. The van der Waals surface area contributed by atoms with Gasteiger partial charge in [-0.15, -0.1) is 10.2 Å². The number of hydrogen-bond acceptors (Lipinski definition) is 7. The summed E-state index contributed by atoms with van der Waals surface area (Å²) in [6.45, 7) is 2.09. The van der Waals surface area contributed by atoms with Crippen LogP contribution in [-0.2, 0) is 0 Å². The van der Waals surface area contributed by atoms with Crippen LogP contribution in [0.3, 0.4) is 0 Å². The number of rotatable bonds is 6. The summed E-state index contributed by atoms with van der Waals surface area (Å²) in [7, 11) is 0. The molecule has 7 heteroatoms. The van der Waals surface area contributed by atoms with E-state index in [-0.39, 0.29) is 17.9 Å². The number of aliphatic hydroxyl groups excluding tert-OH is 1. The topological polar surface area (TPSA) is 72.0 Å². The Labute approximate surface area is 102 Å². The number of nitrogens with zero attached hydrogens (tertiary/aromatic N) is 2. The van der Waals surface area contributed by atoms with Crippen molar-refractivity contribution >= 4 is 34.9 Å². The smallest absolute Gasteiger partial charge is 0.175 e. The molecule has 0 aromatic carbocycles. The molecule has 0 aliphatic carbocycles. The predicted molar refractivity (Wildman–Crippen MR) is 66.7 cm³/mol. The second-order valence-electron chi connectivity index (χ2n) is 2.95. The van der Waals surface area contributed by atoms with Crippen molar-refractivity contribution in [2.75, 3.05) is 12.9 Å². The summed E-state index contributed by atoms with van der Waals surface area (Å²) in [6, 6.07) is 0.00151. The average molecular weight is 265 g/mol. The molecule has 0 aliphatic rings. The molecule has 86 valence electrons. The van der Waals surface area contributed by atoms with Gasteiger partial charge in [0.05, 0.1) is 11.9 Å². The standard InChI is InChI=1S/C8H15N3OS3/c1-3-5(9)6(4-12)14-8-11-10-7(13-2)15-8/h5-6,12H,3-4,9H2,1-2H3. The third-order valence-electron chi connectivity index (χ3n) is 1.94. The molecule has 2 atom stereocenters. The van der Waals surface area contributed by atoms with Crippen molar-refractivity contribution in [3.05, 3.63) is 0 Å². The van der Waals surface area contributed by atoms with Crippen molar-refractivity contribution in [3.63, 3.8) is 0 Å². The van der Waals surface area contributed by atoms with E-state index in [4.69, 9.17) is 5.73 Å². The Hall–Kier alpha value is 0.180. The monoisotopic (exact) mass is 265 g/mol. The third-order valence-corrected chi connectivity index (χ3v) is 5.26. The number of hydrogen-bond donors (Lipinski definition) is 2. The van der Waals surface area contributed by atoms with E-state index in [1.54, 1.807) is 23.1 Å². The first-order chi connectivity index (χ1) is 7.21. The van der Waals surface area contributed by atoms with Crippen LogP contribution in [0.2, 0.25) is 0 Å². The summed E-state index contributed by atoms with van der Waals surface area (Å²) in [6.07, 6.45) is 2.82. The molecule has 0 radical (unpaired) electrons. The normalized spacial score (nSPS) is 15.2. The fourth-order valence-corrected chi connectivity index (χ4v) is 3.73. The van der Waals surface area contributed by atoms with E-state index in [0.29, 0.717) is 0 Å². The SMILES string of the molecule is CCC(N)C(CO)Sc1nnc(SC)s1. The molecule has 1 heterocycles. The fourth-order valence-electron chi connectivity index (χ4n) is 0.980. The maximum Gasteiger partial charge on any atom is 0.175 e. The Balaban J connectivity index is 2.58. The van der Waals surface area contributed by atoms with Crippen LogP contribution in [0.15, 0.2) is 8.68 Å². The zero-order valence-corrected chi connectivity index (χ0v) is 11.2. The second-order valence-corrected chi connectivity index (χ2v) is 6.47. The number of nitrogens with two attached hydrogens (primary N) is 1. The minimum absolute atomic E-state index is 0.00151. The van der Waals surface area contributed by atoms with Crippen molar-refractivity contribution in [2.45, 2.75) is 33.3 Å². The van der Waals surface area contributed by atoms with Crippen molar-refractivity contribution in [1.82, 2.24) is 10.2 Å². The van der Waals surface area contributed by atoms with Gasteiger partial charge >= 0.3 is 0 Å². The van der Waals surface area contributed by atoms with Crippen molar-refractivity contribution in [3.8, 4) is 0 Å². The molecule has 0 fully saturated rings. The third kappa shape index (κ3) is 3.92. The first-order valence-electron chi connectivity index (χ1n) is 4.61. The number of thioether (sulfide) groups is 2. The van der Waals surface area contributed by atoms with E-state index < -0.39 is 0 Å². The minimum Gasteiger partial charge on any atom is -0.395 e. The van der Waals surface area contributed by atoms with Gasteiger partial charge in [-0.3, -0.25) is 0 Å². The Morgan fingerprint density at radius 1 is 1.47 bits per heavy atom. The number of aromatic nitrogens is 2. The lowest BCUT2D eigenvalue weighted by atomic mass is 10.2. The lowest BCUT2D eigenvalue weighted by Gasteiger charge is -2.18. The molecule has 0 amide bonds. The van der Waals surface area contributed by atoms with E-state index in [0.717, 1.165) is 15.1 Å². The Bertz CT molecular complexity index is 294. The zero-order chi connectivity index (χ0) is 11.3. The van der Waals surface area contributed by atoms with Crippen LogP contribution in [0.4, 0.5) is 0 Å². The highest BCUT2D eigenvalue weighted by molar-refractivity contribution is 8.03. The van der Waals surface area contributed by atoms with Crippen LogP contribution in [-0.4, -0.2) is 39.5 Å². The largest absolute Gasteiger partial charge is 0.395 e. The molecule has 0 spiro atoms. The molecular formula is C8H15N3OS3. The van der Waals surface area contributed by atoms with Gasteiger partial charge in [0.1, 0.15) is 0 Å². The van der Waals surface area contributed by atoms with Crippen LogP contribution in [0.25, 0.3) is 0 Å². The number of aliphatic hydroxyl groups is 1. The molecule has 1 rings (SSSR count). The summed E-state index contributed by atoms with van der Waals surface area (Å²) < 4.78 is 1.82. The van der Waals surface area contributed by atoms with Crippen molar-refractivity contribution in [1.29, 1.82) is 0 Å². The van der Waals surface area contributed by atoms with Gasteiger partial charge in [-0.05, 0) is 12.7 Å². The summed E-state index contributed by atoms with van der Waals surface area (Å²) in [5.41, 5.74) is 5.89. The Morgan fingerprint density at radius 3 is 2.60 bits per heavy atom. The first kappa shape index (κ1) is 13.2. The van der Waals surface area contributed by atoms with Gasteiger partial charge in [-0.25, -0.2) is 0 Å². The second kappa shape index (κ2) is 6.70. The van der Waals surface area contributed by atoms with Gasteiger partial charge in [0.2, 0.25) is 0 Å². The van der Waals surface area contributed by atoms with Crippen molar-refractivity contribution in [2.24, 2.45) is 5.73 Å². The summed E-state index contributed by atoms with van der Waals surface area (Å²) in [5, 5.41) is 17.2. The maximum absolute atomic E-state index is 9.20. The predicted octanol–water partition coefficient (Wildman–Crippen LogP) is 1.45. The lowest BCUT2D eigenvalue weighted by molar-refractivity contribution is 0.281. The summed E-state index contributed by atoms with van der Waals surface area (Å²) >= 11 is 4.63. The highest BCUT2D eigenvalue weighted by atomic mass is 32.2. The molecule has 1 aromatic rings. The van der Waals surface area contributed by atoms with E-state index in [1.807, 2.05) is 13.2 Å². The van der Waals surface area contributed by atoms with Gasteiger partial charge in [-0.2, -0.15) is 0 Å². The quantitative estimate of drug-likeness (QED) is 0.759. The molecule has 0 bridgehead atoms. The van der Waals surface area contributed by atoms with Gasteiger partial charge in [0, 0.05) is 6.04 Å². The first-order valence-corrected chi connectivity index (χ1v) is 7.54. The molecule has 1 aromatic heterocycles.